The standard InChI is InChI=1S/C13H16ClN3O2/c1-9(18)16-4-6-17(7-5-16)13(19)10-2-3-11(14)12(15)8-10/h2-3,8H,4-7,15H2,1H3. The molecule has 102 valence electrons. The number of benzene rings is 1. The third-order valence-electron chi connectivity index (χ3n) is 3.26. The average Bonchev–Trinajstić information content (AvgIpc) is 2.41. The topological polar surface area (TPSA) is 66.6 Å². The molecule has 0 bridgehead atoms. The molecule has 1 fully saturated rings. The van der Waals surface area contributed by atoms with Gasteiger partial charge in [-0.3, -0.25) is 9.59 Å². The SMILES string of the molecule is CC(=O)N1CCN(C(=O)c2ccc(Cl)c(N)c2)CC1. The van der Waals surface area contributed by atoms with E-state index in [0.29, 0.717) is 42.5 Å². The molecule has 0 unspecified atom stereocenters. The van der Waals surface area contributed by atoms with Crippen LogP contribution in [0.15, 0.2) is 18.2 Å². The second-order valence-electron chi connectivity index (χ2n) is 4.53. The second kappa shape index (κ2) is 5.48. The summed E-state index contributed by atoms with van der Waals surface area (Å²) in [5.41, 5.74) is 6.62. The summed E-state index contributed by atoms with van der Waals surface area (Å²) in [7, 11) is 0. The molecule has 1 aromatic carbocycles. The van der Waals surface area contributed by atoms with Gasteiger partial charge in [0.05, 0.1) is 10.7 Å². The molecule has 1 aliphatic rings. The molecule has 1 aromatic rings. The molecule has 2 N–H and O–H groups in total. The number of amides is 2. The van der Waals surface area contributed by atoms with Crippen LogP contribution in [-0.2, 0) is 4.79 Å². The number of nitrogen functional groups attached to an aromatic ring is 1. The molecule has 2 amide bonds. The number of hydrogen-bond donors (Lipinski definition) is 1. The maximum atomic E-state index is 12.3. The van der Waals surface area contributed by atoms with Gasteiger partial charge in [-0.05, 0) is 18.2 Å². The van der Waals surface area contributed by atoms with Gasteiger partial charge in [0.2, 0.25) is 5.91 Å². The Morgan fingerprint density at radius 3 is 2.26 bits per heavy atom. The minimum atomic E-state index is -0.0773. The summed E-state index contributed by atoms with van der Waals surface area (Å²) in [6.45, 7) is 3.77. The van der Waals surface area contributed by atoms with Crippen LogP contribution in [0.25, 0.3) is 0 Å². The molecular formula is C13H16ClN3O2. The summed E-state index contributed by atoms with van der Waals surface area (Å²) in [6, 6.07) is 4.87. The van der Waals surface area contributed by atoms with Gasteiger partial charge in [0.15, 0.2) is 0 Å². The van der Waals surface area contributed by atoms with Crippen molar-refractivity contribution in [3.05, 3.63) is 28.8 Å². The van der Waals surface area contributed by atoms with E-state index in [9.17, 15) is 9.59 Å². The Balaban J connectivity index is 2.05. The Morgan fingerprint density at radius 2 is 1.74 bits per heavy atom. The summed E-state index contributed by atoms with van der Waals surface area (Å²) in [5, 5.41) is 0.443. The highest BCUT2D eigenvalue weighted by atomic mass is 35.5. The van der Waals surface area contributed by atoms with E-state index in [-0.39, 0.29) is 11.8 Å². The van der Waals surface area contributed by atoms with Crippen LogP contribution >= 0.6 is 11.6 Å². The predicted molar refractivity (Wildman–Crippen MR) is 74.0 cm³/mol. The Labute approximate surface area is 116 Å². The van der Waals surface area contributed by atoms with Gasteiger partial charge < -0.3 is 15.5 Å². The number of carbonyl (C=O) groups is 2. The molecule has 0 radical (unpaired) electrons. The summed E-state index contributed by atoms with van der Waals surface area (Å²) in [4.78, 5) is 26.9. The lowest BCUT2D eigenvalue weighted by molar-refractivity contribution is -0.130. The first-order valence-corrected chi connectivity index (χ1v) is 6.46. The first-order chi connectivity index (χ1) is 8.99. The van der Waals surface area contributed by atoms with Crippen molar-refractivity contribution in [3.8, 4) is 0 Å². The Morgan fingerprint density at radius 1 is 1.16 bits per heavy atom. The molecule has 1 saturated heterocycles. The number of carbonyl (C=O) groups excluding carboxylic acids is 2. The minimum absolute atomic E-state index is 0.0443. The first-order valence-electron chi connectivity index (χ1n) is 6.09. The van der Waals surface area contributed by atoms with Gasteiger partial charge in [0.1, 0.15) is 0 Å². The Hall–Kier alpha value is -1.75. The van der Waals surface area contributed by atoms with Gasteiger partial charge in [0, 0.05) is 38.7 Å². The molecular weight excluding hydrogens is 266 g/mol. The molecule has 6 heteroatoms. The van der Waals surface area contributed by atoms with Crippen molar-refractivity contribution in [2.75, 3.05) is 31.9 Å². The predicted octanol–water partition coefficient (Wildman–Crippen LogP) is 1.23. The number of hydrogen-bond acceptors (Lipinski definition) is 3. The fourth-order valence-electron chi connectivity index (χ4n) is 2.08. The van der Waals surface area contributed by atoms with Crippen LogP contribution in [-0.4, -0.2) is 47.8 Å². The summed E-state index contributed by atoms with van der Waals surface area (Å²) in [5.74, 6) is -0.0330. The van der Waals surface area contributed by atoms with Gasteiger partial charge >= 0.3 is 0 Å². The van der Waals surface area contributed by atoms with Crippen molar-refractivity contribution < 1.29 is 9.59 Å². The summed E-state index contributed by atoms with van der Waals surface area (Å²) >= 11 is 5.83. The van der Waals surface area contributed by atoms with Crippen molar-refractivity contribution in [1.82, 2.24) is 9.80 Å². The van der Waals surface area contributed by atoms with Gasteiger partial charge in [-0.25, -0.2) is 0 Å². The molecule has 2 rings (SSSR count). The number of nitrogens with two attached hydrogens (primary N) is 1. The zero-order chi connectivity index (χ0) is 14.0. The smallest absolute Gasteiger partial charge is 0.254 e. The fraction of sp³-hybridized carbons (Fsp3) is 0.385. The quantitative estimate of drug-likeness (QED) is 0.787. The minimum Gasteiger partial charge on any atom is -0.398 e. The van der Waals surface area contributed by atoms with Crippen LogP contribution in [0.3, 0.4) is 0 Å². The molecule has 1 aliphatic heterocycles. The lowest BCUT2D eigenvalue weighted by Crippen LogP contribution is -2.50. The lowest BCUT2D eigenvalue weighted by Gasteiger charge is -2.34. The van der Waals surface area contributed by atoms with E-state index in [4.69, 9.17) is 17.3 Å². The molecule has 0 aliphatic carbocycles. The number of nitrogens with zero attached hydrogens (tertiary/aromatic N) is 2. The van der Waals surface area contributed by atoms with Gasteiger partial charge in [-0.1, -0.05) is 11.6 Å². The fourth-order valence-corrected chi connectivity index (χ4v) is 2.20. The maximum absolute atomic E-state index is 12.3. The van der Waals surface area contributed by atoms with E-state index < -0.39 is 0 Å². The number of piperazine rings is 1. The highest BCUT2D eigenvalue weighted by Crippen LogP contribution is 2.20. The van der Waals surface area contributed by atoms with Crippen molar-refractivity contribution in [3.63, 3.8) is 0 Å². The highest BCUT2D eigenvalue weighted by molar-refractivity contribution is 6.33. The maximum Gasteiger partial charge on any atom is 0.254 e. The Bertz CT molecular complexity index is 511. The third kappa shape index (κ3) is 2.98. The Kier molecular flexibility index (Phi) is 3.95. The van der Waals surface area contributed by atoms with E-state index in [2.05, 4.69) is 0 Å². The normalized spacial score (nSPS) is 15.5. The van der Waals surface area contributed by atoms with E-state index in [1.54, 1.807) is 28.0 Å². The van der Waals surface area contributed by atoms with Crippen LogP contribution < -0.4 is 5.73 Å². The summed E-state index contributed by atoms with van der Waals surface area (Å²) in [6.07, 6.45) is 0. The summed E-state index contributed by atoms with van der Waals surface area (Å²) < 4.78 is 0. The van der Waals surface area contributed by atoms with Crippen LogP contribution in [0.5, 0.6) is 0 Å². The first kappa shape index (κ1) is 13.7. The zero-order valence-electron chi connectivity index (χ0n) is 10.7. The number of rotatable bonds is 1. The monoisotopic (exact) mass is 281 g/mol. The lowest BCUT2D eigenvalue weighted by atomic mass is 10.1. The molecule has 0 saturated carbocycles. The molecule has 19 heavy (non-hydrogen) atoms. The number of halogens is 1. The van der Waals surface area contributed by atoms with Crippen LogP contribution in [0.2, 0.25) is 5.02 Å². The molecule has 0 spiro atoms. The van der Waals surface area contributed by atoms with Crippen molar-refractivity contribution in [2.24, 2.45) is 0 Å². The average molecular weight is 282 g/mol. The van der Waals surface area contributed by atoms with Crippen molar-refractivity contribution in [1.29, 1.82) is 0 Å². The molecule has 0 aromatic heterocycles. The largest absolute Gasteiger partial charge is 0.398 e. The van der Waals surface area contributed by atoms with E-state index in [1.165, 1.54) is 6.92 Å². The van der Waals surface area contributed by atoms with Crippen LogP contribution in [0, 0.1) is 0 Å². The van der Waals surface area contributed by atoms with Crippen molar-refractivity contribution in [2.45, 2.75) is 6.92 Å². The second-order valence-corrected chi connectivity index (χ2v) is 4.94. The van der Waals surface area contributed by atoms with Gasteiger partial charge in [-0.15, -0.1) is 0 Å². The number of anilines is 1. The highest BCUT2D eigenvalue weighted by Gasteiger charge is 2.23. The molecule has 1 heterocycles. The molecule has 5 nitrogen and oxygen atoms in total. The van der Waals surface area contributed by atoms with E-state index >= 15 is 0 Å². The van der Waals surface area contributed by atoms with Gasteiger partial charge in [-0.2, -0.15) is 0 Å². The van der Waals surface area contributed by atoms with Gasteiger partial charge in [0.25, 0.3) is 5.91 Å². The van der Waals surface area contributed by atoms with E-state index in [1.807, 2.05) is 0 Å². The van der Waals surface area contributed by atoms with E-state index in [0.717, 1.165) is 0 Å². The third-order valence-corrected chi connectivity index (χ3v) is 3.60. The van der Waals surface area contributed by atoms with Crippen molar-refractivity contribution >= 4 is 29.1 Å². The zero-order valence-corrected chi connectivity index (χ0v) is 11.5. The molecule has 0 atom stereocenters. The van der Waals surface area contributed by atoms with Crippen LogP contribution in [0.1, 0.15) is 17.3 Å². The van der Waals surface area contributed by atoms with Crippen LogP contribution in [0.4, 0.5) is 5.69 Å².